The van der Waals surface area contributed by atoms with Gasteiger partial charge in [0.2, 0.25) is 11.8 Å². The molecule has 1 aromatic rings. The summed E-state index contributed by atoms with van der Waals surface area (Å²) in [5.41, 5.74) is 1.38. The van der Waals surface area contributed by atoms with Crippen LogP contribution >= 0.6 is 0 Å². The minimum absolute atomic E-state index is 0.0580. The van der Waals surface area contributed by atoms with Gasteiger partial charge in [-0.3, -0.25) is 21.2 Å². The lowest BCUT2D eigenvalue weighted by molar-refractivity contribution is -0.127. The summed E-state index contributed by atoms with van der Waals surface area (Å²) in [4.78, 5) is 30.4. The zero-order valence-corrected chi connectivity index (χ0v) is 17.2. The highest BCUT2D eigenvalue weighted by Crippen LogP contribution is 2.33. The van der Waals surface area contributed by atoms with Gasteiger partial charge in [-0.25, -0.2) is 9.38 Å². The van der Waals surface area contributed by atoms with Crippen LogP contribution in [0.2, 0.25) is 0 Å². The Morgan fingerprint density at radius 3 is 3.07 bits per heavy atom. The maximum atomic E-state index is 14.2. The van der Waals surface area contributed by atoms with Gasteiger partial charge in [0.05, 0.1) is 19.3 Å². The molecule has 30 heavy (non-hydrogen) atoms. The lowest BCUT2D eigenvalue weighted by Crippen LogP contribution is -2.38. The number of aliphatic imine (C=N–C) groups is 1. The Labute approximate surface area is 178 Å². The second kappa shape index (κ2) is 9.40. The van der Waals surface area contributed by atoms with Crippen LogP contribution in [0.1, 0.15) is 18.4 Å². The fourth-order valence-corrected chi connectivity index (χ4v) is 4.44. The second-order valence-electron chi connectivity index (χ2n) is 7.11. The van der Waals surface area contributed by atoms with Crippen molar-refractivity contribution in [3.05, 3.63) is 58.8 Å². The van der Waals surface area contributed by atoms with Gasteiger partial charge in [-0.15, -0.1) is 11.8 Å². The third kappa shape index (κ3) is 4.88. The van der Waals surface area contributed by atoms with E-state index in [1.807, 2.05) is 5.75 Å². The van der Waals surface area contributed by atoms with Gasteiger partial charge in [-0.2, -0.15) is 5.56 Å². The summed E-state index contributed by atoms with van der Waals surface area (Å²) in [6.07, 6.45) is 8.01. The minimum Gasteiger partial charge on any atom is -0.492 e. The van der Waals surface area contributed by atoms with E-state index in [2.05, 4.69) is 4.99 Å². The number of benzene rings is 1. The number of halogens is 1. The van der Waals surface area contributed by atoms with Crippen molar-refractivity contribution < 1.29 is 23.5 Å². The van der Waals surface area contributed by atoms with Crippen molar-refractivity contribution in [1.82, 2.24) is 4.90 Å². The van der Waals surface area contributed by atoms with Crippen molar-refractivity contribution in [3.8, 4) is 5.75 Å². The van der Waals surface area contributed by atoms with Gasteiger partial charge in [0.25, 0.3) is 0 Å². The van der Waals surface area contributed by atoms with E-state index in [1.54, 1.807) is 23.1 Å². The first-order valence-corrected chi connectivity index (χ1v) is 10.7. The Balaban J connectivity index is 1.59. The molecule has 8 heteroatoms. The van der Waals surface area contributed by atoms with E-state index in [1.165, 1.54) is 24.4 Å². The molecule has 4 rings (SSSR count). The van der Waals surface area contributed by atoms with Crippen molar-refractivity contribution in [3.63, 3.8) is 0 Å². The third-order valence-electron chi connectivity index (χ3n) is 5.04. The molecule has 0 saturated carbocycles. The number of hydrogen-bond donors (Lipinski definition) is 0. The van der Waals surface area contributed by atoms with Gasteiger partial charge >= 0.3 is 0 Å². The number of ether oxygens (including phenoxy) is 2. The molecule has 0 unspecified atom stereocenters. The summed E-state index contributed by atoms with van der Waals surface area (Å²) in [5.74, 6) is 1.37. The molecular weight excluding hydrogens is 407 g/mol. The van der Waals surface area contributed by atoms with Crippen LogP contribution in [0.25, 0.3) is 5.57 Å². The molecule has 2 amide bonds. The zero-order chi connectivity index (χ0) is 20.9. The molecule has 1 aromatic carbocycles. The van der Waals surface area contributed by atoms with Crippen LogP contribution in [0.15, 0.2) is 41.4 Å². The molecule has 6 nitrogen and oxygen atoms in total. The van der Waals surface area contributed by atoms with Crippen molar-refractivity contribution in [2.45, 2.75) is 18.9 Å². The molecule has 3 aliphatic rings. The Morgan fingerprint density at radius 1 is 1.27 bits per heavy atom. The van der Waals surface area contributed by atoms with Crippen LogP contribution in [-0.4, -0.2) is 55.3 Å². The molecule has 1 fully saturated rings. The molecule has 0 aliphatic carbocycles. The van der Waals surface area contributed by atoms with Crippen LogP contribution in [0.4, 0.5) is 4.39 Å². The summed E-state index contributed by atoms with van der Waals surface area (Å²) >= 11 is 0.715. The molecule has 3 aliphatic heterocycles. The first-order valence-electron chi connectivity index (χ1n) is 9.78. The Bertz CT molecular complexity index is 914. The highest BCUT2D eigenvalue weighted by molar-refractivity contribution is 7.86. The molecule has 0 aromatic heterocycles. The molecule has 1 saturated heterocycles. The zero-order valence-electron chi connectivity index (χ0n) is 16.3. The van der Waals surface area contributed by atoms with Crippen LogP contribution in [-0.2, 0) is 26.1 Å². The van der Waals surface area contributed by atoms with Gasteiger partial charge in [0.1, 0.15) is 18.2 Å². The monoisotopic (exact) mass is 429 g/mol. The minimum atomic E-state index is -0.420. The number of carbonyl (C=O) groups excluding carboxylic acids is 2. The topological polar surface area (TPSA) is 68.2 Å². The number of hydrogen-bond acceptors (Lipinski definition) is 4. The largest absolute Gasteiger partial charge is 0.492 e. The molecule has 158 valence electrons. The summed E-state index contributed by atoms with van der Waals surface area (Å²) in [7, 11) is 0. The van der Waals surface area contributed by atoms with Gasteiger partial charge in [-0.1, -0.05) is 24.0 Å². The van der Waals surface area contributed by atoms with E-state index in [4.69, 9.17) is 9.47 Å². The van der Waals surface area contributed by atoms with Crippen LogP contribution in [0, 0.1) is 16.8 Å². The fourth-order valence-electron chi connectivity index (χ4n) is 3.56. The van der Waals surface area contributed by atoms with Crippen molar-refractivity contribution in [2.24, 2.45) is 4.99 Å². The van der Waals surface area contributed by atoms with Crippen LogP contribution in [0.5, 0.6) is 5.75 Å². The maximum Gasteiger partial charge on any atom is 0.246 e. The lowest BCUT2D eigenvalue weighted by Gasteiger charge is -2.24. The summed E-state index contributed by atoms with van der Waals surface area (Å²) < 4.78 is 25.4. The van der Waals surface area contributed by atoms with Gasteiger partial charge in [-0.05, 0) is 12.8 Å². The molecular formula is C22H22FN2O4S-. The van der Waals surface area contributed by atoms with Gasteiger partial charge < -0.3 is 14.4 Å². The van der Waals surface area contributed by atoms with Gasteiger partial charge in [0.15, 0.2) is 0 Å². The number of carbonyl (C=O) groups is 2. The third-order valence-corrected chi connectivity index (χ3v) is 6.04. The number of nitrogens with zero attached hydrogens (tertiary/aromatic N) is 2. The average Bonchev–Trinajstić information content (AvgIpc) is 3.40. The van der Waals surface area contributed by atoms with E-state index in [0.717, 1.165) is 18.4 Å². The van der Waals surface area contributed by atoms with Crippen molar-refractivity contribution >= 4 is 35.4 Å². The molecule has 1 atom stereocenters. The molecule has 0 N–H and O–H groups in total. The number of rotatable bonds is 0. The maximum absolute atomic E-state index is 14.2. The van der Waals surface area contributed by atoms with Crippen molar-refractivity contribution in [1.29, 1.82) is 0 Å². The van der Waals surface area contributed by atoms with E-state index in [9.17, 15) is 14.0 Å². The Hall–Kier alpha value is -2.71. The highest BCUT2D eigenvalue weighted by Gasteiger charge is 2.28. The smallest absolute Gasteiger partial charge is 0.246 e. The van der Waals surface area contributed by atoms with E-state index in [0.29, 0.717) is 41.5 Å². The molecule has 3 heterocycles. The van der Waals surface area contributed by atoms with E-state index < -0.39 is 5.82 Å². The van der Waals surface area contributed by atoms with Gasteiger partial charge in [0, 0.05) is 30.2 Å². The SMILES string of the molecule is O=C1N=CCOC/C=C/C(=O)N2CCC[C@H]2COc2cc(F)cc(c2)C2=C[C-]1[SH+][CH-]2. The molecule has 4 bridgehead atoms. The highest BCUT2D eigenvalue weighted by atomic mass is 32.2. The van der Waals surface area contributed by atoms with E-state index in [-0.39, 0.29) is 31.1 Å². The summed E-state index contributed by atoms with van der Waals surface area (Å²) in [6.45, 7) is 1.38. The first kappa shape index (κ1) is 20.6. The van der Waals surface area contributed by atoms with Crippen LogP contribution in [0.3, 0.4) is 0 Å². The first-order chi connectivity index (χ1) is 14.6. The predicted octanol–water partition coefficient (Wildman–Crippen LogP) is 2.28. The number of fused-ring (bicyclic) bond motifs is 5. The lowest BCUT2D eigenvalue weighted by atomic mass is 10.1. The number of thiol groups is 1. The average molecular weight is 429 g/mol. The summed E-state index contributed by atoms with van der Waals surface area (Å²) in [5, 5.41) is 0.512. The normalized spacial score (nSPS) is 23.6. The quantitative estimate of drug-likeness (QED) is 0.361. The Kier molecular flexibility index (Phi) is 6.44. The number of amides is 2. The second-order valence-corrected chi connectivity index (χ2v) is 8.11. The standard InChI is InChI=1S/C22H22FN2O4S/c23-17-9-15-10-19(12-17)29-13-18-3-1-6-25(18)21(26)4-2-7-28-8-5-24-22(27)20-11-16(15)14-30-20/h2,4-5,9-12,14,18,30H,1,3,6-8,13H2/q-1/b4-2+,24-5?/t18-/m0/s1. The Morgan fingerprint density at radius 2 is 2.17 bits per heavy atom. The van der Waals surface area contributed by atoms with Crippen LogP contribution < -0.4 is 4.74 Å². The predicted molar refractivity (Wildman–Crippen MR) is 114 cm³/mol. The molecule has 0 spiro atoms. The van der Waals surface area contributed by atoms with E-state index >= 15 is 0 Å². The van der Waals surface area contributed by atoms with Crippen molar-refractivity contribution in [2.75, 3.05) is 26.4 Å². The summed E-state index contributed by atoms with van der Waals surface area (Å²) in [6, 6.07) is 4.43. The molecule has 0 radical (unpaired) electrons. The fraction of sp³-hybridized carbons (Fsp3) is 0.318.